The molecule has 0 bridgehead atoms. The number of rotatable bonds is 4. The Balaban J connectivity index is 1.91. The molecular weight excluding hydrogens is 306 g/mol. The number of aromatic nitrogens is 1. The highest BCUT2D eigenvalue weighted by Gasteiger charge is 2.11. The van der Waals surface area contributed by atoms with E-state index in [0.29, 0.717) is 11.3 Å². The second-order valence-electron chi connectivity index (χ2n) is 4.80. The normalized spacial score (nSPS) is 9.42. The number of pyridine rings is 1. The molecule has 122 valence electrons. The van der Waals surface area contributed by atoms with Gasteiger partial charge in [-0.25, -0.2) is 4.98 Å². The van der Waals surface area contributed by atoms with Crippen LogP contribution in [0, 0.1) is 11.8 Å². The molecule has 0 fully saturated rings. The number of carbonyl (C=O) groups excluding carboxylic acids is 2. The third kappa shape index (κ3) is 4.85. The predicted molar refractivity (Wildman–Crippen MR) is 90.7 cm³/mol. The van der Waals surface area contributed by atoms with Crippen LogP contribution in [0.1, 0.15) is 22.8 Å². The zero-order valence-corrected chi connectivity index (χ0v) is 13.4. The smallest absolute Gasteiger partial charge is 0.257 e. The second kappa shape index (κ2) is 8.34. The lowest BCUT2D eigenvalue weighted by atomic mass is 10.2. The van der Waals surface area contributed by atoms with Crippen LogP contribution in [0.15, 0.2) is 42.6 Å². The number of carbonyl (C=O) groups is 2. The first kappa shape index (κ1) is 17.0. The molecule has 0 aliphatic carbocycles. The number of methoxy groups -OCH3 is 1. The van der Waals surface area contributed by atoms with Crippen LogP contribution in [0.3, 0.4) is 0 Å². The molecule has 2 aromatic rings. The van der Waals surface area contributed by atoms with Crippen LogP contribution >= 0.6 is 0 Å². The number of benzene rings is 1. The van der Waals surface area contributed by atoms with Gasteiger partial charge in [0.2, 0.25) is 11.8 Å². The lowest BCUT2D eigenvalue weighted by Gasteiger charge is -2.05. The molecule has 0 unspecified atom stereocenters. The van der Waals surface area contributed by atoms with Gasteiger partial charge in [0.25, 0.3) is 5.91 Å². The fourth-order valence-electron chi connectivity index (χ4n) is 1.93. The van der Waals surface area contributed by atoms with E-state index in [1.807, 2.05) is 0 Å². The standard InChI is InChI=1S/C18H17N3O3/c1-13(22)21-15-9-7-14(8-10-15)5-3-11-19-17(23)16-6-4-12-20-18(16)24-2/h4,6-10,12H,11H2,1-2H3,(H,19,23)(H,21,22). The number of nitrogens with zero attached hydrogens (tertiary/aromatic N) is 1. The maximum absolute atomic E-state index is 12.0. The lowest BCUT2D eigenvalue weighted by molar-refractivity contribution is -0.114. The second-order valence-corrected chi connectivity index (χ2v) is 4.80. The average Bonchev–Trinajstić information content (AvgIpc) is 2.59. The van der Waals surface area contributed by atoms with Crippen molar-refractivity contribution in [2.75, 3.05) is 19.0 Å². The molecule has 0 saturated heterocycles. The topological polar surface area (TPSA) is 80.3 Å². The van der Waals surface area contributed by atoms with Gasteiger partial charge < -0.3 is 15.4 Å². The molecule has 24 heavy (non-hydrogen) atoms. The monoisotopic (exact) mass is 323 g/mol. The Morgan fingerprint density at radius 3 is 2.62 bits per heavy atom. The number of ether oxygens (including phenoxy) is 1. The van der Waals surface area contributed by atoms with Gasteiger partial charge in [-0.1, -0.05) is 11.8 Å². The maximum Gasteiger partial charge on any atom is 0.257 e. The van der Waals surface area contributed by atoms with Crippen molar-refractivity contribution in [3.8, 4) is 17.7 Å². The van der Waals surface area contributed by atoms with E-state index < -0.39 is 0 Å². The number of hydrogen-bond acceptors (Lipinski definition) is 4. The summed E-state index contributed by atoms with van der Waals surface area (Å²) in [6, 6.07) is 10.4. The van der Waals surface area contributed by atoms with Crippen molar-refractivity contribution >= 4 is 17.5 Å². The Kier molecular flexibility index (Phi) is 5.92. The first-order valence-electron chi connectivity index (χ1n) is 7.24. The van der Waals surface area contributed by atoms with Crippen molar-refractivity contribution in [1.82, 2.24) is 10.3 Å². The molecule has 1 aromatic carbocycles. The Morgan fingerprint density at radius 2 is 1.96 bits per heavy atom. The minimum Gasteiger partial charge on any atom is -0.480 e. The summed E-state index contributed by atoms with van der Waals surface area (Å²) in [5, 5.41) is 5.37. The van der Waals surface area contributed by atoms with Crippen molar-refractivity contribution in [3.05, 3.63) is 53.7 Å². The van der Waals surface area contributed by atoms with E-state index in [0.717, 1.165) is 5.56 Å². The van der Waals surface area contributed by atoms with E-state index in [9.17, 15) is 9.59 Å². The van der Waals surface area contributed by atoms with Crippen molar-refractivity contribution in [2.45, 2.75) is 6.92 Å². The van der Waals surface area contributed by atoms with Crippen molar-refractivity contribution in [2.24, 2.45) is 0 Å². The Bertz CT molecular complexity index is 789. The molecule has 0 aliphatic rings. The van der Waals surface area contributed by atoms with Gasteiger partial charge in [-0.05, 0) is 36.4 Å². The summed E-state index contributed by atoms with van der Waals surface area (Å²) in [5.74, 6) is 5.66. The van der Waals surface area contributed by atoms with Crippen LogP contribution in [0.5, 0.6) is 5.88 Å². The summed E-state index contributed by atoms with van der Waals surface area (Å²) in [4.78, 5) is 27.0. The van der Waals surface area contributed by atoms with Gasteiger partial charge in [0.1, 0.15) is 5.56 Å². The van der Waals surface area contributed by atoms with E-state index in [2.05, 4.69) is 27.5 Å². The van der Waals surface area contributed by atoms with E-state index in [4.69, 9.17) is 4.74 Å². The first-order valence-corrected chi connectivity index (χ1v) is 7.24. The third-order valence-corrected chi connectivity index (χ3v) is 2.98. The van der Waals surface area contributed by atoms with Crippen molar-refractivity contribution in [1.29, 1.82) is 0 Å². The molecule has 2 N–H and O–H groups in total. The van der Waals surface area contributed by atoms with Gasteiger partial charge in [-0.3, -0.25) is 9.59 Å². The summed E-state index contributed by atoms with van der Waals surface area (Å²) in [5.41, 5.74) is 1.86. The molecular formula is C18H17N3O3. The number of hydrogen-bond donors (Lipinski definition) is 2. The fraction of sp³-hybridized carbons (Fsp3) is 0.167. The average molecular weight is 323 g/mol. The Hall–Kier alpha value is -3.33. The lowest BCUT2D eigenvalue weighted by Crippen LogP contribution is -2.24. The zero-order valence-electron chi connectivity index (χ0n) is 13.4. The summed E-state index contributed by atoms with van der Waals surface area (Å²) < 4.78 is 5.04. The van der Waals surface area contributed by atoms with Crippen LogP contribution in [0.2, 0.25) is 0 Å². The fourth-order valence-corrected chi connectivity index (χ4v) is 1.93. The molecule has 0 spiro atoms. The third-order valence-electron chi connectivity index (χ3n) is 2.98. The Morgan fingerprint density at radius 1 is 1.21 bits per heavy atom. The zero-order chi connectivity index (χ0) is 17.4. The predicted octanol–water partition coefficient (Wildman–Crippen LogP) is 1.83. The minimum atomic E-state index is -0.296. The van der Waals surface area contributed by atoms with E-state index in [-0.39, 0.29) is 24.2 Å². The number of anilines is 1. The highest BCUT2D eigenvalue weighted by molar-refractivity contribution is 5.96. The van der Waals surface area contributed by atoms with Crippen LogP contribution in [-0.2, 0) is 4.79 Å². The molecule has 1 aromatic heterocycles. The van der Waals surface area contributed by atoms with Gasteiger partial charge in [-0.15, -0.1) is 0 Å². The van der Waals surface area contributed by atoms with Crippen LogP contribution in [-0.4, -0.2) is 30.5 Å². The summed E-state index contributed by atoms with van der Waals surface area (Å²) in [6.07, 6.45) is 1.56. The van der Waals surface area contributed by atoms with E-state index in [1.54, 1.807) is 42.6 Å². The van der Waals surface area contributed by atoms with Gasteiger partial charge in [-0.2, -0.15) is 0 Å². The molecule has 2 amide bonds. The minimum absolute atomic E-state index is 0.123. The molecule has 0 aliphatic heterocycles. The van der Waals surface area contributed by atoms with Crippen LogP contribution in [0.4, 0.5) is 5.69 Å². The molecule has 1 heterocycles. The molecule has 6 nitrogen and oxygen atoms in total. The molecule has 0 atom stereocenters. The van der Waals surface area contributed by atoms with Crippen molar-refractivity contribution < 1.29 is 14.3 Å². The largest absolute Gasteiger partial charge is 0.480 e. The highest BCUT2D eigenvalue weighted by atomic mass is 16.5. The van der Waals surface area contributed by atoms with Gasteiger partial charge >= 0.3 is 0 Å². The number of nitrogens with one attached hydrogen (secondary N) is 2. The maximum atomic E-state index is 12.0. The quantitative estimate of drug-likeness (QED) is 0.841. The van der Waals surface area contributed by atoms with Crippen LogP contribution < -0.4 is 15.4 Å². The summed E-state index contributed by atoms with van der Waals surface area (Å²) >= 11 is 0. The van der Waals surface area contributed by atoms with Crippen molar-refractivity contribution in [3.63, 3.8) is 0 Å². The van der Waals surface area contributed by atoms with Gasteiger partial charge in [0, 0.05) is 24.4 Å². The molecule has 0 saturated carbocycles. The first-order chi connectivity index (χ1) is 11.6. The molecule has 2 rings (SSSR count). The molecule has 6 heteroatoms. The van der Waals surface area contributed by atoms with Crippen LogP contribution in [0.25, 0.3) is 0 Å². The van der Waals surface area contributed by atoms with Gasteiger partial charge in [0.05, 0.1) is 13.7 Å². The van der Waals surface area contributed by atoms with E-state index in [1.165, 1.54) is 14.0 Å². The Labute approximate surface area is 140 Å². The number of amides is 2. The summed E-state index contributed by atoms with van der Waals surface area (Å²) in [6.45, 7) is 1.65. The van der Waals surface area contributed by atoms with Gasteiger partial charge in [0.15, 0.2) is 0 Å². The van der Waals surface area contributed by atoms with E-state index >= 15 is 0 Å². The highest BCUT2D eigenvalue weighted by Crippen LogP contribution is 2.12. The summed E-state index contributed by atoms with van der Waals surface area (Å²) in [7, 11) is 1.46. The molecule has 0 radical (unpaired) electrons. The SMILES string of the molecule is COc1ncccc1C(=O)NCC#Cc1ccc(NC(C)=O)cc1.